The first-order valence-electron chi connectivity index (χ1n) is 8.59. The molecule has 6 heteroatoms. The minimum atomic E-state index is 0.141. The molecular formula is C18H28N4O2. The number of likely N-dealkylation sites (tertiary alicyclic amines) is 1. The van der Waals surface area contributed by atoms with Gasteiger partial charge in [-0.1, -0.05) is 24.3 Å². The molecule has 1 heterocycles. The fourth-order valence-corrected chi connectivity index (χ4v) is 2.66. The van der Waals surface area contributed by atoms with E-state index in [-0.39, 0.29) is 5.91 Å². The van der Waals surface area contributed by atoms with Crippen LogP contribution in [0.4, 0.5) is 0 Å². The number of carbonyl (C=O) groups is 1. The molecule has 0 unspecified atom stereocenters. The van der Waals surface area contributed by atoms with Crippen molar-refractivity contribution in [1.29, 1.82) is 0 Å². The van der Waals surface area contributed by atoms with Crippen LogP contribution in [0.1, 0.15) is 30.9 Å². The molecule has 0 atom stereocenters. The van der Waals surface area contributed by atoms with Gasteiger partial charge in [0.15, 0.2) is 5.96 Å². The first kappa shape index (κ1) is 18.3. The highest BCUT2D eigenvalue weighted by atomic mass is 16.5. The second-order valence-electron chi connectivity index (χ2n) is 5.89. The molecule has 0 aromatic heterocycles. The number of methoxy groups -OCH3 is 1. The average molecular weight is 332 g/mol. The summed E-state index contributed by atoms with van der Waals surface area (Å²) in [7, 11) is 1.69. The van der Waals surface area contributed by atoms with E-state index in [0.29, 0.717) is 25.7 Å². The van der Waals surface area contributed by atoms with Crippen molar-refractivity contribution in [3.63, 3.8) is 0 Å². The summed E-state index contributed by atoms with van der Waals surface area (Å²) in [6.45, 7) is 6.01. The Morgan fingerprint density at radius 1 is 1.17 bits per heavy atom. The highest BCUT2D eigenvalue weighted by Gasteiger charge is 2.17. The van der Waals surface area contributed by atoms with E-state index in [1.807, 2.05) is 24.0 Å². The van der Waals surface area contributed by atoms with Crippen molar-refractivity contribution < 1.29 is 9.53 Å². The Morgan fingerprint density at radius 2 is 1.83 bits per heavy atom. The molecule has 1 amide bonds. The molecule has 2 rings (SSSR count). The number of guanidine groups is 1. The number of nitrogens with one attached hydrogen (secondary N) is 2. The molecular weight excluding hydrogens is 304 g/mol. The van der Waals surface area contributed by atoms with Crippen LogP contribution in [0.2, 0.25) is 0 Å². The monoisotopic (exact) mass is 332 g/mol. The molecule has 2 N–H and O–H groups in total. The largest absolute Gasteiger partial charge is 0.380 e. The summed E-state index contributed by atoms with van der Waals surface area (Å²) < 4.78 is 5.11. The van der Waals surface area contributed by atoms with Gasteiger partial charge in [0.05, 0.1) is 19.7 Å². The van der Waals surface area contributed by atoms with Gasteiger partial charge in [0.1, 0.15) is 0 Å². The Balaban J connectivity index is 1.86. The van der Waals surface area contributed by atoms with Gasteiger partial charge in [-0.05, 0) is 30.9 Å². The summed E-state index contributed by atoms with van der Waals surface area (Å²) in [5, 5.41) is 6.31. The number of aliphatic imine (C=N–C) groups is 1. The summed E-state index contributed by atoms with van der Waals surface area (Å²) >= 11 is 0. The summed E-state index contributed by atoms with van der Waals surface area (Å²) in [4.78, 5) is 18.6. The van der Waals surface area contributed by atoms with E-state index in [4.69, 9.17) is 4.74 Å². The van der Waals surface area contributed by atoms with E-state index < -0.39 is 0 Å². The van der Waals surface area contributed by atoms with E-state index in [2.05, 4.69) is 27.8 Å². The van der Waals surface area contributed by atoms with Gasteiger partial charge in [-0.2, -0.15) is 0 Å². The first-order valence-corrected chi connectivity index (χ1v) is 8.59. The van der Waals surface area contributed by atoms with Gasteiger partial charge >= 0.3 is 0 Å². The molecule has 1 aromatic rings. The normalized spacial score (nSPS) is 14.8. The maximum Gasteiger partial charge on any atom is 0.241 e. The van der Waals surface area contributed by atoms with E-state index in [1.54, 1.807) is 7.11 Å². The molecule has 6 nitrogen and oxygen atoms in total. The Kier molecular flexibility index (Phi) is 7.55. The van der Waals surface area contributed by atoms with Crippen LogP contribution in [0, 0.1) is 0 Å². The number of carbonyl (C=O) groups excluding carboxylic acids is 1. The van der Waals surface area contributed by atoms with E-state index in [1.165, 1.54) is 0 Å². The predicted octanol–water partition coefficient (Wildman–Crippen LogP) is 1.51. The lowest BCUT2D eigenvalue weighted by atomic mass is 10.1. The van der Waals surface area contributed by atoms with Gasteiger partial charge in [0, 0.05) is 26.7 Å². The maximum atomic E-state index is 12.1. The Bertz CT molecular complexity index is 536. The minimum Gasteiger partial charge on any atom is -0.380 e. The van der Waals surface area contributed by atoms with Gasteiger partial charge in [-0.25, -0.2) is 4.99 Å². The third-order valence-corrected chi connectivity index (χ3v) is 3.96. The van der Waals surface area contributed by atoms with Crippen LogP contribution in [0.25, 0.3) is 0 Å². The standard InChI is InChI=1S/C18H28N4O2/c1-3-19-18(21-13-17(23)22-10-4-5-11-22)20-12-15-6-8-16(9-7-15)14-24-2/h6-9H,3-5,10-14H2,1-2H3,(H2,19,20,21). The zero-order valence-electron chi connectivity index (χ0n) is 14.7. The van der Waals surface area contributed by atoms with E-state index in [9.17, 15) is 4.79 Å². The van der Waals surface area contributed by atoms with Crippen LogP contribution in [0.15, 0.2) is 29.3 Å². The minimum absolute atomic E-state index is 0.141. The second kappa shape index (κ2) is 9.93. The molecule has 0 spiro atoms. The number of amides is 1. The van der Waals surface area contributed by atoms with Crippen LogP contribution in [0.5, 0.6) is 0 Å². The molecule has 0 saturated carbocycles. The summed E-state index contributed by atoms with van der Waals surface area (Å²) in [6.07, 6.45) is 2.22. The average Bonchev–Trinajstić information content (AvgIpc) is 3.13. The molecule has 1 fully saturated rings. The van der Waals surface area contributed by atoms with Crippen molar-refractivity contribution in [2.24, 2.45) is 4.99 Å². The quantitative estimate of drug-likeness (QED) is 0.587. The van der Waals surface area contributed by atoms with Gasteiger partial charge in [0.25, 0.3) is 0 Å². The number of ether oxygens (including phenoxy) is 1. The lowest BCUT2D eigenvalue weighted by molar-refractivity contribution is -0.128. The molecule has 0 aliphatic carbocycles. The molecule has 1 aliphatic heterocycles. The molecule has 24 heavy (non-hydrogen) atoms. The van der Waals surface area contributed by atoms with Crippen molar-refractivity contribution in [3.05, 3.63) is 35.4 Å². The first-order chi connectivity index (χ1) is 11.7. The molecule has 132 valence electrons. The van der Waals surface area contributed by atoms with E-state index in [0.717, 1.165) is 43.6 Å². The summed E-state index contributed by atoms with van der Waals surface area (Å²) in [5.74, 6) is 0.813. The number of hydrogen-bond donors (Lipinski definition) is 2. The van der Waals surface area contributed by atoms with Gasteiger partial charge in [0.2, 0.25) is 5.91 Å². The molecule has 1 aliphatic rings. The third kappa shape index (κ3) is 5.85. The Hall–Kier alpha value is -2.08. The lowest BCUT2D eigenvalue weighted by Gasteiger charge is -2.17. The van der Waals surface area contributed by atoms with Gasteiger partial charge in [-0.15, -0.1) is 0 Å². The summed E-state index contributed by atoms with van der Waals surface area (Å²) in [5.41, 5.74) is 2.27. The zero-order valence-corrected chi connectivity index (χ0v) is 14.7. The highest BCUT2D eigenvalue weighted by molar-refractivity contribution is 5.86. The number of benzene rings is 1. The number of nitrogens with zero attached hydrogens (tertiary/aromatic N) is 2. The van der Waals surface area contributed by atoms with E-state index >= 15 is 0 Å². The fourth-order valence-electron chi connectivity index (χ4n) is 2.66. The van der Waals surface area contributed by atoms with Gasteiger partial charge in [-0.3, -0.25) is 4.79 Å². The van der Waals surface area contributed by atoms with Crippen molar-refractivity contribution >= 4 is 11.9 Å². The Morgan fingerprint density at radius 3 is 2.46 bits per heavy atom. The van der Waals surface area contributed by atoms with Gasteiger partial charge < -0.3 is 20.3 Å². The van der Waals surface area contributed by atoms with Crippen molar-refractivity contribution in [1.82, 2.24) is 15.5 Å². The third-order valence-electron chi connectivity index (χ3n) is 3.96. The van der Waals surface area contributed by atoms with Crippen LogP contribution in [-0.2, 0) is 22.7 Å². The predicted molar refractivity (Wildman–Crippen MR) is 95.8 cm³/mol. The molecule has 0 bridgehead atoms. The van der Waals surface area contributed by atoms with Crippen LogP contribution >= 0.6 is 0 Å². The second-order valence-corrected chi connectivity index (χ2v) is 5.89. The molecule has 1 aromatic carbocycles. The molecule has 0 radical (unpaired) electrons. The highest BCUT2D eigenvalue weighted by Crippen LogP contribution is 2.07. The van der Waals surface area contributed by atoms with Crippen molar-refractivity contribution in [2.45, 2.75) is 32.9 Å². The van der Waals surface area contributed by atoms with Crippen LogP contribution in [0.3, 0.4) is 0 Å². The lowest BCUT2D eigenvalue weighted by Crippen LogP contribution is -2.44. The topological polar surface area (TPSA) is 66.0 Å². The SMILES string of the molecule is CCNC(=NCc1ccc(COC)cc1)NCC(=O)N1CCCC1. The summed E-state index contributed by atoms with van der Waals surface area (Å²) in [6, 6.07) is 8.20. The number of rotatable bonds is 7. The molecule has 1 saturated heterocycles. The van der Waals surface area contributed by atoms with Crippen molar-refractivity contribution in [3.8, 4) is 0 Å². The Labute approximate surface area is 144 Å². The fraction of sp³-hybridized carbons (Fsp3) is 0.556. The maximum absolute atomic E-state index is 12.1. The smallest absolute Gasteiger partial charge is 0.241 e. The van der Waals surface area contributed by atoms with Crippen LogP contribution < -0.4 is 10.6 Å². The van der Waals surface area contributed by atoms with Crippen molar-refractivity contribution in [2.75, 3.05) is 33.3 Å². The number of hydrogen-bond acceptors (Lipinski definition) is 3. The zero-order chi connectivity index (χ0) is 17.2. The van der Waals surface area contributed by atoms with Crippen LogP contribution in [-0.4, -0.2) is 50.1 Å².